The van der Waals surface area contributed by atoms with Gasteiger partial charge in [0.1, 0.15) is 4.91 Å². The number of carbonyl (C=O) groups excluding carboxylic acids is 1. The summed E-state index contributed by atoms with van der Waals surface area (Å²) in [6.07, 6.45) is 6.33. The number of allylic oxidation sites excluding steroid dienone is 2. The Bertz CT molecular complexity index is 942. The van der Waals surface area contributed by atoms with Crippen LogP contribution in [-0.2, 0) is 14.8 Å². The lowest BCUT2D eigenvalue weighted by Gasteiger charge is -2.21. The number of hydrogen-bond donors (Lipinski definition) is 2. The summed E-state index contributed by atoms with van der Waals surface area (Å²) in [5.41, 5.74) is 0.388. The van der Waals surface area contributed by atoms with Crippen LogP contribution in [0.15, 0.2) is 47.3 Å². The Hall–Kier alpha value is -1.81. The standard InChI is InChI=1S/C14H11Cl2N3O4S2/c1-23-14(20)8-5-9(15)10(16)6-11(8)18-25(21,22)13-3-2-4-19-12(13)7-17-24-19/h2-7,17-18H,1H3. The zero-order valence-electron chi connectivity index (χ0n) is 12.6. The summed E-state index contributed by atoms with van der Waals surface area (Å²) < 4.78 is 37.2. The molecule has 132 valence electrons. The minimum atomic E-state index is -4.00. The molecule has 0 saturated carbocycles. The Labute approximate surface area is 158 Å². The highest BCUT2D eigenvalue weighted by molar-refractivity contribution is 7.97. The second kappa shape index (κ2) is 6.83. The van der Waals surface area contributed by atoms with E-state index >= 15 is 0 Å². The van der Waals surface area contributed by atoms with Crippen molar-refractivity contribution in [3.63, 3.8) is 0 Å². The summed E-state index contributed by atoms with van der Waals surface area (Å²) in [6.45, 7) is 0. The smallest absolute Gasteiger partial charge is 0.340 e. The second-order valence-electron chi connectivity index (χ2n) is 4.85. The molecule has 0 atom stereocenters. The molecule has 2 aliphatic heterocycles. The van der Waals surface area contributed by atoms with Crippen molar-refractivity contribution < 1.29 is 17.9 Å². The summed E-state index contributed by atoms with van der Waals surface area (Å²) in [4.78, 5) is 12.0. The summed E-state index contributed by atoms with van der Waals surface area (Å²) in [5.74, 6) is -0.743. The summed E-state index contributed by atoms with van der Waals surface area (Å²) in [7, 11) is -2.82. The van der Waals surface area contributed by atoms with Crippen molar-refractivity contribution >= 4 is 57.0 Å². The van der Waals surface area contributed by atoms with Crippen LogP contribution >= 0.6 is 35.3 Å². The molecule has 1 aromatic rings. The average molecular weight is 420 g/mol. The fraction of sp³-hybridized carbons (Fsp3) is 0.0714. The maximum atomic E-state index is 12.8. The Balaban J connectivity index is 2.02. The van der Waals surface area contributed by atoms with Crippen molar-refractivity contribution in [2.45, 2.75) is 0 Å². The molecule has 0 radical (unpaired) electrons. The fourth-order valence-corrected chi connectivity index (χ4v) is 4.48. The minimum absolute atomic E-state index is 0.0255. The van der Waals surface area contributed by atoms with Crippen LogP contribution in [0.5, 0.6) is 0 Å². The molecule has 0 fully saturated rings. The van der Waals surface area contributed by atoms with Crippen LogP contribution in [0, 0.1) is 0 Å². The van der Waals surface area contributed by atoms with E-state index in [-0.39, 0.29) is 26.2 Å². The quantitative estimate of drug-likeness (QED) is 0.571. The van der Waals surface area contributed by atoms with Crippen LogP contribution < -0.4 is 9.44 Å². The maximum Gasteiger partial charge on any atom is 0.340 e. The number of esters is 1. The molecule has 0 saturated heterocycles. The molecule has 0 amide bonds. The number of carbonyl (C=O) groups is 1. The molecule has 2 heterocycles. The van der Waals surface area contributed by atoms with E-state index in [1.807, 2.05) is 0 Å². The number of anilines is 1. The molecule has 25 heavy (non-hydrogen) atoms. The molecular weight excluding hydrogens is 409 g/mol. The van der Waals surface area contributed by atoms with Crippen molar-refractivity contribution in [3.05, 3.63) is 62.9 Å². The number of hydrogen-bond acceptors (Lipinski definition) is 7. The van der Waals surface area contributed by atoms with Gasteiger partial charge in [-0.25, -0.2) is 13.2 Å². The number of sulfonamides is 1. The van der Waals surface area contributed by atoms with E-state index in [9.17, 15) is 13.2 Å². The number of nitrogens with zero attached hydrogens (tertiary/aromatic N) is 1. The van der Waals surface area contributed by atoms with Crippen molar-refractivity contribution in [3.8, 4) is 0 Å². The number of nitrogens with one attached hydrogen (secondary N) is 2. The van der Waals surface area contributed by atoms with Gasteiger partial charge in [0.05, 0.1) is 46.2 Å². The fourth-order valence-electron chi connectivity index (χ4n) is 2.17. The van der Waals surface area contributed by atoms with E-state index in [4.69, 9.17) is 23.2 Å². The highest BCUT2D eigenvalue weighted by atomic mass is 35.5. The molecule has 0 aromatic heterocycles. The van der Waals surface area contributed by atoms with Crippen LogP contribution in [0.25, 0.3) is 0 Å². The molecule has 0 spiro atoms. The first-order valence-electron chi connectivity index (χ1n) is 6.74. The Morgan fingerprint density at radius 3 is 2.76 bits per heavy atom. The lowest BCUT2D eigenvalue weighted by Crippen LogP contribution is -2.22. The molecule has 11 heteroatoms. The molecule has 1 aromatic carbocycles. The first-order chi connectivity index (χ1) is 11.8. The largest absolute Gasteiger partial charge is 0.465 e. The number of halogens is 2. The van der Waals surface area contributed by atoms with Gasteiger partial charge in [0, 0.05) is 12.4 Å². The van der Waals surface area contributed by atoms with Crippen LogP contribution in [0.3, 0.4) is 0 Å². The lowest BCUT2D eigenvalue weighted by molar-refractivity contribution is 0.0602. The van der Waals surface area contributed by atoms with Crippen LogP contribution in [0.1, 0.15) is 10.4 Å². The van der Waals surface area contributed by atoms with Crippen molar-refractivity contribution in [2.75, 3.05) is 11.8 Å². The van der Waals surface area contributed by atoms with E-state index in [0.29, 0.717) is 5.70 Å². The number of rotatable bonds is 4. The molecule has 0 unspecified atom stereocenters. The number of ether oxygens (including phenoxy) is 1. The normalized spacial score (nSPS) is 15.9. The average Bonchev–Trinajstić information content (AvgIpc) is 3.05. The monoisotopic (exact) mass is 419 g/mol. The first-order valence-corrected chi connectivity index (χ1v) is 9.75. The minimum Gasteiger partial charge on any atom is -0.465 e. The summed E-state index contributed by atoms with van der Waals surface area (Å²) >= 11 is 13.1. The first kappa shape index (κ1) is 18.0. The van der Waals surface area contributed by atoms with Crippen molar-refractivity contribution in [1.82, 2.24) is 9.03 Å². The van der Waals surface area contributed by atoms with Crippen LogP contribution in [-0.4, -0.2) is 25.8 Å². The third-order valence-corrected chi connectivity index (χ3v) is 6.18. The van der Waals surface area contributed by atoms with Gasteiger partial charge in [-0.1, -0.05) is 23.2 Å². The second-order valence-corrected chi connectivity index (χ2v) is 8.12. The van der Waals surface area contributed by atoms with E-state index in [2.05, 4.69) is 14.2 Å². The zero-order valence-corrected chi connectivity index (χ0v) is 15.8. The van der Waals surface area contributed by atoms with Gasteiger partial charge in [0.2, 0.25) is 0 Å². The van der Waals surface area contributed by atoms with Crippen LogP contribution in [0.2, 0.25) is 10.0 Å². The maximum absolute atomic E-state index is 12.8. The Morgan fingerprint density at radius 1 is 1.32 bits per heavy atom. The molecular formula is C14H11Cl2N3O4S2. The Morgan fingerprint density at radius 2 is 2.04 bits per heavy atom. The molecule has 7 nitrogen and oxygen atoms in total. The van der Waals surface area contributed by atoms with Crippen molar-refractivity contribution in [1.29, 1.82) is 0 Å². The van der Waals surface area contributed by atoms with Gasteiger partial charge in [0.25, 0.3) is 10.0 Å². The lowest BCUT2D eigenvalue weighted by atomic mass is 10.2. The van der Waals surface area contributed by atoms with Crippen LogP contribution in [0.4, 0.5) is 5.69 Å². The predicted molar refractivity (Wildman–Crippen MR) is 98.2 cm³/mol. The third-order valence-electron chi connectivity index (χ3n) is 3.31. The summed E-state index contributed by atoms with van der Waals surface area (Å²) in [6, 6.07) is 2.52. The van der Waals surface area contributed by atoms with Gasteiger partial charge in [0.15, 0.2) is 0 Å². The number of fused-ring (bicyclic) bond motifs is 1. The summed E-state index contributed by atoms with van der Waals surface area (Å²) in [5, 5.41) is 0.207. The van der Waals surface area contributed by atoms with Crippen molar-refractivity contribution in [2.24, 2.45) is 0 Å². The number of methoxy groups -OCH3 is 1. The SMILES string of the molecule is COC(=O)c1cc(Cl)c(Cl)cc1NS(=O)(=O)C1=CC=CN2SNC=C12. The highest BCUT2D eigenvalue weighted by Gasteiger charge is 2.30. The zero-order chi connectivity index (χ0) is 18.2. The predicted octanol–water partition coefficient (Wildman–Crippen LogP) is 3.24. The van der Waals surface area contributed by atoms with Gasteiger partial charge in [-0.15, -0.1) is 0 Å². The van der Waals surface area contributed by atoms with E-state index < -0.39 is 16.0 Å². The van der Waals surface area contributed by atoms with Gasteiger partial charge in [-0.05, 0) is 24.3 Å². The van der Waals surface area contributed by atoms with E-state index in [1.165, 1.54) is 37.5 Å². The van der Waals surface area contributed by atoms with Gasteiger partial charge < -0.3 is 9.46 Å². The van der Waals surface area contributed by atoms with E-state index in [0.717, 1.165) is 0 Å². The molecule has 2 N–H and O–H groups in total. The Kier molecular flexibility index (Phi) is 4.92. The van der Waals surface area contributed by atoms with Gasteiger partial charge >= 0.3 is 5.97 Å². The highest BCUT2D eigenvalue weighted by Crippen LogP contribution is 2.35. The molecule has 2 aliphatic rings. The van der Waals surface area contributed by atoms with Gasteiger partial charge in [-0.3, -0.25) is 9.03 Å². The molecule has 0 bridgehead atoms. The molecule has 0 aliphatic carbocycles. The van der Waals surface area contributed by atoms with Gasteiger partial charge in [-0.2, -0.15) is 0 Å². The topological polar surface area (TPSA) is 87.7 Å². The molecule has 3 rings (SSSR count). The van der Waals surface area contributed by atoms with E-state index in [1.54, 1.807) is 22.8 Å². The third kappa shape index (κ3) is 3.45. The number of benzene rings is 1.